The van der Waals surface area contributed by atoms with E-state index in [-0.39, 0.29) is 11.8 Å². The van der Waals surface area contributed by atoms with Crippen molar-refractivity contribution in [2.24, 2.45) is 0 Å². The summed E-state index contributed by atoms with van der Waals surface area (Å²) in [5.41, 5.74) is 1.63. The molecule has 1 aromatic rings. The van der Waals surface area contributed by atoms with Gasteiger partial charge in [0.25, 0.3) is 5.91 Å². The highest BCUT2D eigenvalue weighted by atomic mass is 16.5. The van der Waals surface area contributed by atoms with Crippen molar-refractivity contribution < 1.29 is 14.3 Å². The van der Waals surface area contributed by atoms with Gasteiger partial charge < -0.3 is 15.0 Å². The van der Waals surface area contributed by atoms with Crippen LogP contribution in [0.2, 0.25) is 0 Å². The highest BCUT2D eigenvalue weighted by Crippen LogP contribution is 2.34. The molecule has 0 radical (unpaired) electrons. The van der Waals surface area contributed by atoms with E-state index in [0.29, 0.717) is 18.2 Å². The number of hydrogen-bond donors (Lipinski definition) is 1. The van der Waals surface area contributed by atoms with Gasteiger partial charge in [0.05, 0.1) is 12.1 Å². The van der Waals surface area contributed by atoms with Crippen LogP contribution in [0.4, 0.5) is 5.69 Å². The SMILES string of the molecule is CC1Oc2ccc(CC(=O)NC3CCCC3)cc2N(C)C1=O. The molecule has 5 heteroatoms. The van der Waals surface area contributed by atoms with Gasteiger partial charge in [0, 0.05) is 13.1 Å². The van der Waals surface area contributed by atoms with Gasteiger partial charge in [-0.25, -0.2) is 0 Å². The molecule has 0 aromatic heterocycles. The Labute approximate surface area is 130 Å². The maximum Gasteiger partial charge on any atom is 0.267 e. The van der Waals surface area contributed by atoms with E-state index < -0.39 is 6.10 Å². The molecule has 2 amide bonds. The Kier molecular flexibility index (Phi) is 4.05. The molecule has 1 saturated carbocycles. The Balaban J connectivity index is 1.70. The Morgan fingerprint density at radius 3 is 2.82 bits per heavy atom. The summed E-state index contributed by atoms with van der Waals surface area (Å²) in [6.07, 6.45) is 4.44. The zero-order valence-corrected chi connectivity index (χ0v) is 13.1. The van der Waals surface area contributed by atoms with Gasteiger partial charge in [-0.15, -0.1) is 0 Å². The third-order valence-electron chi connectivity index (χ3n) is 4.45. The average Bonchev–Trinajstić information content (AvgIpc) is 2.98. The van der Waals surface area contributed by atoms with Gasteiger partial charge in [-0.1, -0.05) is 18.9 Å². The second kappa shape index (κ2) is 5.99. The number of hydrogen-bond acceptors (Lipinski definition) is 3. The fraction of sp³-hybridized carbons (Fsp3) is 0.529. The van der Waals surface area contributed by atoms with Crippen molar-refractivity contribution in [2.45, 2.75) is 51.2 Å². The van der Waals surface area contributed by atoms with Crippen LogP contribution in [0.1, 0.15) is 38.2 Å². The third-order valence-corrected chi connectivity index (χ3v) is 4.45. The summed E-state index contributed by atoms with van der Waals surface area (Å²) in [6, 6.07) is 5.93. The zero-order valence-electron chi connectivity index (χ0n) is 13.1. The van der Waals surface area contributed by atoms with E-state index >= 15 is 0 Å². The number of anilines is 1. The number of likely N-dealkylation sites (N-methyl/N-ethyl adjacent to an activating group) is 1. The summed E-state index contributed by atoms with van der Waals surface area (Å²) in [7, 11) is 1.74. The quantitative estimate of drug-likeness (QED) is 0.929. The van der Waals surface area contributed by atoms with Crippen molar-refractivity contribution in [1.82, 2.24) is 5.32 Å². The molecule has 1 aliphatic carbocycles. The molecule has 0 saturated heterocycles. The van der Waals surface area contributed by atoms with Crippen LogP contribution in [0.15, 0.2) is 18.2 Å². The molecule has 0 spiro atoms. The highest BCUT2D eigenvalue weighted by molar-refractivity contribution is 5.99. The first kappa shape index (κ1) is 14.9. The van der Waals surface area contributed by atoms with E-state index in [1.165, 1.54) is 12.8 Å². The monoisotopic (exact) mass is 302 g/mol. The lowest BCUT2D eigenvalue weighted by atomic mass is 10.1. The minimum absolute atomic E-state index is 0.0472. The van der Waals surface area contributed by atoms with Gasteiger partial charge in [-0.3, -0.25) is 9.59 Å². The predicted octanol–water partition coefficient (Wildman–Crippen LogP) is 2.03. The molecule has 1 heterocycles. The number of benzene rings is 1. The van der Waals surface area contributed by atoms with Crippen LogP contribution in [0.5, 0.6) is 5.75 Å². The van der Waals surface area contributed by atoms with Crippen LogP contribution in [-0.4, -0.2) is 31.0 Å². The van der Waals surface area contributed by atoms with Crippen LogP contribution in [0.3, 0.4) is 0 Å². The Morgan fingerprint density at radius 2 is 2.09 bits per heavy atom. The minimum Gasteiger partial charge on any atom is -0.479 e. The molecule has 1 aliphatic heterocycles. The molecular weight excluding hydrogens is 280 g/mol. The van der Waals surface area contributed by atoms with Crippen molar-refractivity contribution >= 4 is 17.5 Å². The molecule has 2 aliphatic rings. The van der Waals surface area contributed by atoms with Crippen molar-refractivity contribution in [1.29, 1.82) is 0 Å². The predicted molar refractivity (Wildman–Crippen MR) is 84.0 cm³/mol. The molecule has 3 rings (SSSR count). The maximum absolute atomic E-state index is 12.1. The molecule has 22 heavy (non-hydrogen) atoms. The normalized spacial score (nSPS) is 21.5. The fourth-order valence-electron chi connectivity index (χ4n) is 3.20. The van der Waals surface area contributed by atoms with Crippen LogP contribution >= 0.6 is 0 Å². The van der Waals surface area contributed by atoms with E-state index in [9.17, 15) is 9.59 Å². The van der Waals surface area contributed by atoms with Gasteiger partial charge in [0.2, 0.25) is 5.91 Å². The molecule has 0 bridgehead atoms. The molecule has 1 aromatic carbocycles. The van der Waals surface area contributed by atoms with E-state index in [1.54, 1.807) is 18.9 Å². The summed E-state index contributed by atoms with van der Waals surface area (Å²) >= 11 is 0. The van der Waals surface area contributed by atoms with Crippen molar-refractivity contribution in [3.05, 3.63) is 23.8 Å². The van der Waals surface area contributed by atoms with Crippen molar-refractivity contribution in [2.75, 3.05) is 11.9 Å². The summed E-state index contributed by atoms with van der Waals surface area (Å²) < 4.78 is 5.59. The number of carbonyl (C=O) groups is 2. The first-order chi connectivity index (χ1) is 10.5. The van der Waals surface area contributed by atoms with Gasteiger partial charge in [-0.05, 0) is 37.5 Å². The second-order valence-corrected chi connectivity index (χ2v) is 6.19. The molecule has 1 fully saturated rings. The number of amides is 2. The third kappa shape index (κ3) is 2.93. The number of rotatable bonds is 3. The van der Waals surface area contributed by atoms with Crippen LogP contribution in [0.25, 0.3) is 0 Å². The smallest absolute Gasteiger partial charge is 0.267 e. The number of ether oxygens (including phenoxy) is 1. The molecule has 1 atom stereocenters. The van der Waals surface area contributed by atoms with Crippen LogP contribution in [0, 0.1) is 0 Å². The number of nitrogens with one attached hydrogen (secondary N) is 1. The molecular formula is C17H22N2O3. The molecule has 1 unspecified atom stereocenters. The topological polar surface area (TPSA) is 58.6 Å². The maximum atomic E-state index is 12.1. The standard InChI is InChI=1S/C17H22N2O3/c1-11-17(21)19(2)14-9-12(7-8-15(14)22-11)10-16(20)18-13-5-3-4-6-13/h7-9,11,13H,3-6,10H2,1-2H3,(H,18,20). The lowest BCUT2D eigenvalue weighted by Crippen LogP contribution is -2.42. The Morgan fingerprint density at radius 1 is 1.36 bits per heavy atom. The van der Waals surface area contributed by atoms with E-state index in [2.05, 4.69) is 5.32 Å². The zero-order chi connectivity index (χ0) is 15.7. The van der Waals surface area contributed by atoms with Crippen LogP contribution in [-0.2, 0) is 16.0 Å². The molecule has 118 valence electrons. The second-order valence-electron chi connectivity index (χ2n) is 6.19. The first-order valence-electron chi connectivity index (χ1n) is 7.91. The molecule has 1 N–H and O–H groups in total. The Bertz CT molecular complexity index is 594. The van der Waals surface area contributed by atoms with E-state index in [1.807, 2.05) is 18.2 Å². The average molecular weight is 302 g/mol. The number of carbonyl (C=O) groups excluding carboxylic acids is 2. The van der Waals surface area contributed by atoms with Gasteiger partial charge in [0.15, 0.2) is 6.10 Å². The summed E-state index contributed by atoms with van der Waals surface area (Å²) in [4.78, 5) is 25.7. The van der Waals surface area contributed by atoms with Gasteiger partial charge in [0.1, 0.15) is 5.75 Å². The van der Waals surface area contributed by atoms with Gasteiger partial charge >= 0.3 is 0 Å². The Hall–Kier alpha value is -2.04. The first-order valence-corrected chi connectivity index (χ1v) is 7.91. The number of fused-ring (bicyclic) bond motifs is 1. The minimum atomic E-state index is -0.464. The van der Waals surface area contributed by atoms with Crippen LogP contribution < -0.4 is 15.0 Å². The van der Waals surface area contributed by atoms with Crippen molar-refractivity contribution in [3.63, 3.8) is 0 Å². The fourth-order valence-corrected chi connectivity index (χ4v) is 3.20. The number of nitrogens with zero attached hydrogens (tertiary/aromatic N) is 1. The van der Waals surface area contributed by atoms with E-state index in [0.717, 1.165) is 24.1 Å². The highest BCUT2D eigenvalue weighted by Gasteiger charge is 2.29. The lowest BCUT2D eigenvalue weighted by molar-refractivity contribution is -0.125. The molecule has 5 nitrogen and oxygen atoms in total. The summed E-state index contributed by atoms with van der Waals surface area (Å²) in [5.74, 6) is 0.667. The van der Waals surface area contributed by atoms with Crippen molar-refractivity contribution in [3.8, 4) is 5.75 Å². The largest absolute Gasteiger partial charge is 0.479 e. The van der Waals surface area contributed by atoms with E-state index in [4.69, 9.17) is 4.74 Å². The summed E-state index contributed by atoms with van der Waals surface area (Å²) in [5, 5.41) is 3.08. The van der Waals surface area contributed by atoms with Gasteiger partial charge in [-0.2, -0.15) is 0 Å². The summed E-state index contributed by atoms with van der Waals surface area (Å²) in [6.45, 7) is 1.74. The lowest BCUT2D eigenvalue weighted by Gasteiger charge is -2.30.